The molecule has 0 atom stereocenters. The topological polar surface area (TPSA) is 70.1 Å². The number of aromatic nitrogens is 2. The third kappa shape index (κ3) is 4.30. The number of aryl methyl sites for hydroxylation is 1. The Bertz CT molecular complexity index is 470. The van der Waals surface area contributed by atoms with Crippen molar-refractivity contribution in [1.29, 1.82) is 0 Å². The van der Waals surface area contributed by atoms with Crippen LogP contribution in [0, 0.1) is 13.8 Å². The molecule has 1 aromatic heterocycles. The maximum absolute atomic E-state index is 10.6. The van der Waals surface area contributed by atoms with Crippen LogP contribution in [0.1, 0.15) is 56.8 Å². The summed E-state index contributed by atoms with van der Waals surface area (Å²) in [5, 5.41) is 17.3. The van der Waals surface area contributed by atoms with Crippen molar-refractivity contribution in [3.63, 3.8) is 0 Å². The smallest absolute Gasteiger partial charge is 0.134 e. The van der Waals surface area contributed by atoms with Crippen LogP contribution in [0.3, 0.4) is 0 Å². The Hall–Kier alpha value is -1.36. The van der Waals surface area contributed by atoms with Gasteiger partial charge in [0.1, 0.15) is 17.5 Å². The second kappa shape index (κ2) is 7.07. The molecule has 0 spiro atoms. The van der Waals surface area contributed by atoms with Gasteiger partial charge in [0, 0.05) is 18.7 Å². The Morgan fingerprint density at radius 3 is 2.29 bits per heavy atom. The summed E-state index contributed by atoms with van der Waals surface area (Å²) >= 11 is 0. The van der Waals surface area contributed by atoms with Crippen LogP contribution in [-0.2, 0) is 0 Å². The summed E-state index contributed by atoms with van der Waals surface area (Å²) in [5.74, 6) is 2.47. The van der Waals surface area contributed by atoms with E-state index in [1.54, 1.807) is 0 Å². The first kappa shape index (κ1) is 16.0. The minimum atomic E-state index is -0.583. The second-order valence-electron chi connectivity index (χ2n) is 6.16. The number of hydrogen-bond donors (Lipinski definition) is 3. The molecule has 0 unspecified atom stereocenters. The zero-order chi connectivity index (χ0) is 15.3. The molecule has 1 saturated carbocycles. The molecule has 21 heavy (non-hydrogen) atoms. The van der Waals surface area contributed by atoms with Crippen molar-refractivity contribution in [1.82, 2.24) is 9.97 Å². The molecular formula is C16H28N4O. The highest BCUT2D eigenvalue weighted by atomic mass is 16.3. The van der Waals surface area contributed by atoms with Crippen molar-refractivity contribution in [3.05, 3.63) is 11.4 Å². The fourth-order valence-electron chi connectivity index (χ4n) is 2.85. The molecule has 0 amide bonds. The van der Waals surface area contributed by atoms with Crippen molar-refractivity contribution in [3.8, 4) is 0 Å². The highest BCUT2D eigenvalue weighted by molar-refractivity contribution is 5.57. The third-order valence-corrected chi connectivity index (χ3v) is 4.17. The van der Waals surface area contributed by atoms with Crippen molar-refractivity contribution in [2.24, 2.45) is 0 Å². The lowest BCUT2D eigenvalue weighted by molar-refractivity contribution is 0.0166. The quantitative estimate of drug-likeness (QED) is 0.752. The van der Waals surface area contributed by atoms with Gasteiger partial charge < -0.3 is 15.7 Å². The molecule has 1 aromatic rings. The summed E-state index contributed by atoms with van der Waals surface area (Å²) in [5.41, 5.74) is 0.439. The van der Waals surface area contributed by atoms with Gasteiger partial charge in [-0.3, -0.25) is 0 Å². The monoisotopic (exact) mass is 292 g/mol. The molecule has 2 rings (SSSR count). The van der Waals surface area contributed by atoms with Crippen LogP contribution in [0.15, 0.2) is 0 Å². The second-order valence-corrected chi connectivity index (χ2v) is 6.16. The molecule has 0 aromatic carbocycles. The summed E-state index contributed by atoms with van der Waals surface area (Å²) in [4.78, 5) is 8.94. The molecule has 1 heterocycles. The van der Waals surface area contributed by atoms with E-state index in [9.17, 15) is 5.11 Å². The highest BCUT2D eigenvalue weighted by Gasteiger charge is 2.29. The first-order valence-electron chi connectivity index (χ1n) is 8.09. The van der Waals surface area contributed by atoms with Gasteiger partial charge in [0.15, 0.2) is 0 Å². The Morgan fingerprint density at radius 1 is 1.05 bits per heavy atom. The minimum Gasteiger partial charge on any atom is -0.388 e. The van der Waals surface area contributed by atoms with E-state index in [0.717, 1.165) is 61.7 Å². The van der Waals surface area contributed by atoms with Crippen molar-refractivity contribution in [2.45, 2.75) is 64.9 Å². The Balaban J connectivity index is 2.06. The van der Waals surface area contributed by atoms with Crippen LogP contribution >= 0.6 is 0 Å². The molecule has 0 bridgehead atoms. The van der Waals surface area contributed by atoms with Crippen molar-refractivity contribution >= 4 is 11.6 Å². The molecule has 118 valence electrons. The average molecular weight is 292 g/mol. The number of nitrogens with zero attached hydrogens (tertiary/aromatic N) is 2. The van der Waals surface area contributed by atoms with Gasteiger partial charge in [-0.25, -0.2) is 9.97 Å². The summed E-state index contributed by atoms with van der Waals surface area (Å²) in [7, 11) is 0. The number of hydrogen-bond acceptors (Lipinski definition) is 5. The minimum absolute atomic E-state index is 0.567. The normalized spacial score (nSPS) is 17.5. The summed E-state index contributed by atoms with van der Waals surface area (Å²) < 4.78 is 0. The summed E-state index contributed by atoms with van der Waals surface area (Å²) in [6.45, 7) is 7.52. The molecule has 1 aliphatic carbocycles. The predicted molar refractivity (Wildman–Crippen MR) is 86.8 cm³/mol. The van der Waals surface area contributed by atoms with Crippen LogP contribution in [0.4, 0.5) is 11.6 Å². The molecule has 3 N–H and O–H groups in total. The molecular weight excluding hydrogens is 264 g/mol. The number of aliphatic hydroxyl groups is 1. The maximum atomic E-state index is 10.6. The van der Waals surface area contributed by atoms with Crippen LogP contribution in [0.25, 0.3) is 0 Å². The molecule has 1 fully saturated rings. The molecule has 5 nitrogen and oxygen atoms in total. The number of nitrogens with one attached hydrogen (secondary N) is 2. The van der Waals surface area contributed by atoms with E-state index in [4.69, 9.17) is 0 Å². The molecule has 1 aliphatic rings. The van der Waals surface area contributed by atoms with E-state index in [-0.39, 0.29) is 0 Å². The Labute approximate surface area is 127 Å². The molecule has 0 aliphatic heterocycles. The first-order valence-corrected chi connectivity index (χ1v) is 8.09. The van der Waals surface area contributed by atoms with Gasteiger partial charge in [-0.05, 0) is 33.1 Å². The van der Waals surface area contributed by atoms with Crippen molar-refractivity contribution < 1.29 is 5.11 Å². The molecule has 5 heteroatoms. The van der Waals surface area contributed by atoms with Crippen molar-refractivity contribution in [2.75, 3.05) is 23.7 Å². The van der Waals surface area contributed by atoms with Crippen LogP contribution in [0.2, 0.25) is 0 Å². The van der Waals surface area contributed by atoms with Gasteiger partial charge >= 0.3 is 0 Å². The maximum Gasteiger partial charge on any atom is 0.134 e. The summed E-state index contributed by atoms with van der Waals surface area (Å²) in [6, 6.07) is 0. The average Bonchev–Trinajstić information content (AvgIpc) is 2.47. The van der Waals surface area contributed by atoms with Gasteiger partial charge in [-0.1, -0.05) is 26.2 Å². The van der Waals surface area contributed by atoms with Gasteiger partial charge in [0.05, 0.1) is 5.60 Å². The van der Waals surface area contributed by atoms with Gasteiger partial charge in [0.2, 0.25) is 0 Å². The Morgan fingerprint density at radius 2 is 1.67 bits per heavy atom. The lowest BCUT2D eigenvalue weighted by Crippen LogP contribution is -2.39. The third-order valence-electron chi connectivity index (χ3n) is 4.17. The Kier molecular flexibility index (Phi) is 5.39. The van der Waals surface area contributed by atoms with Gasteiger partial charge in [0.25, 0.3) is 0 Å². The van der Waals surface area contributed by atoms with E-state index in [1.807, 2.05) is 13.8 Å². The zero-order valence-electron chi connectivity index (χ0n) is 13.5. The number of anilines is 2. The van der Waals surface area contributed by atoms with E-state index in [0.29, 0.717) is 6.54 Å². The first-order chi connectivity index (χ1) is 10.0. The SMILES string of the molecule is CCCNc1nc(C)nc(NCC2(O)CCCCC2)c1C. The lowest BCUT2D eigenvalue weighted by atomic mass is 9.85. The van der Waals surface area contributed by atoms with Crippen LogP contribution < -0.4 is 10.6 Å². The largest absolute Gasteiger partial charge is 0.388 e. The van der Waals surface area contributed by atoms with E-state index in [2.05, 4.69) is 27.5 Å². The fraction of sp³-hybridized carbons (Fsp3) is 0.750. The molecule has 0 radical (unpaired) electrons. The number of rotatable bonds is 6. The van der Waals surface area contributed by atoms with E-state index < -0.39 is 5.60 Å². The predicted octanol–water partition coefficient (Wildman–Crippen LogP) is 3.02. The zero-order valence-corrected chi connectivity index (χ0v) is 13.5. The van der Waals surface area contributed by atoms with Crippen LogP contribution in [-0.4, -0.2) is 33.8 Å². The van der Waals surface area contributed by atoms with Crippen LogP contribution in [0.5, 0.6) is 0 Å². The fourth-order valence-corrected chi connectivity index (χ4v) is 2.85. The standard InChI is InChI=1S/C16H28N4O/c1-4-10-17-14-12(2)15(20-13(3)19-14)18-11-16(21)8-6-5-7-9-16/h21H,4-11H2,1-3H3,(H2,17,18,19,20). The lowest BCUT2D eigenvalue weighted by Gasteiger charge is -2.32. The van der Waals surface area contributed by atoms with E-state index in [1.165, 1.54) is 6.42 Å². The van der Waals surface area contributed by atoms with E-state index >= 15 is 0 Å². The van der Waals surface area contributed by atoms with Gasteiger partial charge in [-0.2, -0.15) is 0 Å². The highest BCUT2D eigenvalue weighted by Crippen LogP contribution is 2.29. The summed E-state index contributed by atoms with van der Waals surface area (Å²) in [6.07, 6.45) is 6.28. The molecule has 0 saturated heterocycles. The van der Waals surface area contributed by atoms with Gasteiger partial charge in [-0.15, -0.1) is 0 Å².